The molecule has 0 spiro atoms. The van der Waals surface area contributed by atoms with Crippen LogP contribution in [0.4, 0.5) is 0 Å². The summed E-state index contributed by atoms with van der Waals surface area (Å²) in [4.78, 5) is 37.7. The third-order valence-electron chi connectivity index (χ3n) is 3.29. The Morgan fingerprint density at radius 2 is 1.47 bits per heavy atom. The molecule has 1 aliphatic heterocycles. The predicted octanol–water partition coefficient (Wildman–Crippen LogP) is 2.29. The number of imide groups is 1. The third kappa shape index (κ3) is 2.07. The fourth-order valence-electron chi connectivity index (χ4n) is 2.62. The van der Waals surface area contributed by atoms with Crippen LogP contribution in [0.3, 0.4) is 0 Å². The highest BCUT2D eigenvalue weighted by molar-refractivity contribution is 6.22. The predicted molar refractivity (Wildman–Crippen MR) is 70.9 cm³/mol. The van der Waals surface area contributed by atoms with Crippen molar-refractivity contribution < 1.29 is 14.4 Å². The summed E-state index contributed by atoms with van der Waals surface area (Å²) in [6, 6.07) is 5.94. The van der Waals surface area contributed by atoms with Crippen LogP contribution < -0.4 is 0 Å². The SMILES string of the molecule is CC(=O)[C@@H](N1C(=O)c2ccccc2C1=O)C(C)(C)C. The van der Waals surface area contributed by atoms with Crippen molar-refractivity contribution in [2.45, 2.75) is 33.7 Å². The zero-order chi connectivity index (χ0) is 14.4. The Morgan fingerprint density at radius 3 is 1.79 bits per heavy atom. The molecular weight excluding hydrogens is 242 g/mol. The first-order valence-electron chi connectivity index (χ1n) is 6.22. The summed E-state index contributed by atoms with van der Waals surface area (Å²) in [6.07, 6.45) is 0. The molecule has 1 aliphatic rings. The van der Waals surface area contributed by atoms with Crippen LogP contribution in [0.15, 0.2) is 24.3 Å². The Kier molecular flexibility index (Phi) is 3.04. The molecule has 4 heteroatoms. The molecule has 1 aromatic rings. The van der Waals surface area contributed by atoms with E-state index in [0.29, 0.717) is 11.1 Å². The van der Waals surface area contributed by atoms with Gasteiger partial charge in [0, 0.05) is 0 Å². The number of benzene rings is 1. The first-order valence-corrected chi connectivity index (χ1v) is 6.22. The topological polar surface area (TPSA) is 54.5 Å². The summed E-state index contributed by atoms with van der Waals surface area (Å²) in [7, 11) is 0. The van der Waals surface area contributed by atoms with Crippen LogP contribution >= 0.6 is 0 Å². The molecule has 0 unspecified atom stereocenters. The molecule has 0 saturated heterocycles. The largest absolute Gasteiger partial charge is 0.298 e. The summed E-state index contributed by atoms with van der Waals surface area (Å²) in [5.74, 6) is -0.937. The smallest absolute Gasteiger partial charge is 0.262 e. The third-order valence-corrected chi connectivity index (χ3v) is 3.29. The lowest BCUT2D eigenvalue weighted by molar-refractivity contribution is -0.123. The maximum absolute atomic E-state index is 12.4. The van der Waals surface area contributed by atoms with Gasteiger partial charge in [0.1, 0.15) is 6.04 Å². The minimum atomic E-state index is -0.736. The molecule has 0 fully saturated rings. The Hall–Kier alpha value is -1.97. The average molecular weight is 259 g/mol. The standard InChI is InChI=1S/C15H17NO3/c1-9(17)12(15(2,3)4)16-13(18)10-7-5-6-8-11(10)14(16)19/h5-8,12H,1-4H3/t12-/m1/s1. The van der Waals surface area contributed by atoms with Crippen molar-refractivity contribution in [3.05, 3.63) is 35.4 Å². The van der Waals surface area contributed by atoms with Gasteiger partial charge in [-0.1, -0.05) is 32.9 Å². The maximum atomic E-state index is 12.4. The fraction of sp³-hybridized carbons (Fsp3) is 0.400. The molecule has 2 rings (SSSR count). The monoisotopic (exact) mass is 259 g/mol. The number of Topliss-reactive ketones (excluding diaryl/α,β-unsaturated/α-hetero) is 1. The highest BCUT2D eigenvalue weighted by atomic mass is 16.2. The molecule has 0 aliphatic carbocycles. The van der Waals surface area contributed by atoms with Gasteiger partial charge in [0.05, 0.1) is 11.1 Å². The van der Waals surface area contributed by atoms with Crippen molar-refractivity contribution >= 4 is 17.6 Å². The number of carbonyl (C=O) groups is 3. The number of ketones is 1. The Morgan fingerprint density at radius 1 is 1.05 bits per heavy atom. The van der Waals surface area contributed by atoms with Crippen LogP contribution in [0.5, 0.6) is 0 Å². The lowest BCUT2D eigenvalue weighted by Crippen LogP contribution is -2.51. The lowest BCUT2D eigenvalue weighted by Gasteiger charge is -2.34. The van der Waals surface area contributed by atoms with Crippen LogP contribution in [0.1, 0.15) is 48.4 Å². The first-order chi connectivity index (χ1) is 8.75. The Bertz CT molecular complexity index is 534. The molecule has 0 N–H and O–H groups in total. The van der Waals surface area contributed by atoms with E-state index in [1.807, 2.05) is 20.8 Å². The van der Waals surface area contributed by atoms with Crippen molar-refractivity contribution in [1.29, 1.82) is 0 Å². The zero-order valence-corrected chi connectivity index (χ0v) is 11.6. The highest BCUT2D eigenvalue weighted by Gasteiger charge is 2.45. The number of hydrogen-bond donors (Lipinski definition) is 0. The van der Waals surface area contributed by atoms with E-state index in [1.54, 1.807) is 24.3 Å². The molecule has 0 saturated carbocycles. The van der Waals surface area contributed by atoms with E-state index in [9.17, 15) is 14.4 Å². The van der Waals surface area contributed by atoms with Gasteiger partial charge in [0.2, 0.25) is 0 Å². The summed E-state index contributed by atoms with van der Waals surface area (Å²) in [6.45, 7) is 6.97. The summed E-state index contributed by atoms with van der Waals surface area (Å²) in [5.41, 5.74) is 0.269. The van der Waals surface area contributed by atoms with E-state index >= 15 is 0 Å². The molecule has 100 valence electrons. The maximum Gasteiger partial charge on any atom is 0.262 e. The van der Waals surface area contributed by atoms with Gasteiger partial charge in [0.15, 0.2) is 5.78 Å². The number of amides is 2. The van der Waals surface area contributed by atoms with E-state index < -0.39 is 11.5 Å². The average Bonchev–Trinajstić information content (AvgIpc) is 2.53. The number of hydrogen-bond acceptors (Lipinski definition) is 3. The molecule has 0 aromatic heterocycles. The molecule has 2 amide bonds. The van der Waals surface area contributed by atoms with E-state index in [2.05, 4.69) is 0 Å². The van der Waals surface area contributed by atoms with Crippen molar-refractivity contribution in [1.82, 2.24) is 4.90 Å². The van der Waals surface area contributed by atoms with Gasteiger partial charge < -0.3 is 0 Å². The van der Waals surface area contributed by atoms with Gasteiger partial charge in [0.25, 0.3) is 11.8 Å². The molecule has 4 nitrogen and oxygen atoms in total. The normalized spacial score (nSPS) is 16.5. The van der Waals surface area contributed by atoms with E-state index in [-0.39, 0.29) is 17.6 Å². The summed E-state index contributed by atoms with van der Waals surface area (Å²) < 4.78 is 0. The van der Waals surface area contributed by atoms with E-state index in [0.717, 1.165) is 4.90 Å². The van der Waals surface area contributed by atoms with Crippen molar-refractivity contribution in [2.75, 3.05) is 0 Å². The Balaban J connectivity index is 2.52. The van der Waals surface area contributed by atoms with Crippen LogP contribution in [-0.4, -0.2) is 28.5 Å². The second kappa shape index (κ2) is 4.30. The first kappa shape index (κ1) is 13.5. The zero-order valence-electron chi connectivity index (χ0n) is 11.6. The minimum Gasteiger partial charge on any atom is -0.298 e. The van der Waals surface area contributed by atoms with E-state index in [4.69, 9.17) is 0 Å². The fourth-order valence-corrected chi connectivity index (χ4v) is 2.62. The molecule has 0 radical (unpaired) electrons. The number of nitrogens with zero attached hydrogens (tertiary/aromatic N) is 1. The Labute approximate surface area is 112 Å². The van der Waals surface area contributed by atoms with Crippen molar-refractivity contribution in [3.8, 4) is 0 Å². The molecule has 19 heavy (non-hydrogen) atoms. The second-order valence-electron chi connectivity index (χ2n) is 5.91. The minimum absolute atomic E-state index is 0.179. The van der Waals surface area contributed by atoms with Crippen LogP contribution in [-0.2, 0) is 4.79 Å². The molecular formula is C15H17NO3. The number of carbonyl (C=O) groups excluding carboxylic acids is 3. The molecule has 1 aromatic carbocycles. The summed E-state index contributed by atoms with van der Waals surface area (Å²) in [5, 5.41) is 0. The lowest BCUT2D eigenvalue weighted by atomic mass is 9.83. The number of fused-ring (bicyclic) bond motifs is 1. The number of rotatable bonds is 2. The highest BCUT2D eigenvalue weighted by Crippen LogP contribution is 2.32. The molecule has 0 bridgehead atoms. The van der Waals surface area contributed by atoms with Gasteiger partial charge >= 0.3 is 0 Å². The van der Waals surface area contributed by atoms with Crippen molar-refractivity contribution in [3.63, 3.8) is 0 Å². The van der Waals surface area contributed by atoms with E-state index in [1.165, 1.54) is 6.92 Å². The van der Waals surface area contributed by atoms with Gasteiger partial charge in [-0.15, -0.1) is 0 Å². The van der Waals surface area contributed by atoms with Gasteiger partial charge in [-0.25, -0.2) is 0 Å². The quantitative estimate of drug-likeness (QED) is 0.766. The van der Waals surface area contributed by atoms with Gasteiger partial charge in [-0.2, -0.15) is 0 Å². The molecule has 1 atom stereocenters. The van der Waals surface area contributed by atoms with Gasteiger partial charge in [-0.05, 0) is 24.5 Å². The summed E-state index contributed by atoms with van der Waals surface area (Å²) >= 11 is 0. The van der Waals surface area contributed by atoms with Crippen molar-refractivity contribution in [2.24, 2.45) is 5.41 Å². The van der Waals surface area contributed by atoms with Gasteiger partial charge in [-0.3, -0.25) is 19.3 Å². The van der Waals surface area contributed by atoms with Crippen LogP contribution in [0.25, 0.3) is 0 Å². The molecule has 1 heterocycles. The second-order valence-corrected chi connectivity index (χ2v) is 5.91. The van der Waals surface area contributed by atoms with Crippen LogP contribution in [0, 0.1) is 5.41 Å². The van der Waals surface area contributed by atoms with Crippen LogP contribution in [0.2, 0.25) is 0 Å².